The van der Waals surface area contributed by atoms with Gasteiger partial charge in [0.05, 0.1) is 5.56 Å². The minimum Gasteiger partial charge on any atom is -0.369 e. The molecule has 0 saturated carbocycles. The highest BCUT2D eigenvalue weighted by Gasteiger charge is 2.21. The molecule has 3 aromatic rings. The Labute approximate surface area is 154 Å². The molecular weight excluding hydrogens is 353 g/mol. The van der Waals surface area contributed by atoms with Gasteiger partial charge in [0.2, 0.25) is 5.13 Å². The molecule has 0 unspecified atom stereocenters. The van der Waals surface area contributed by atoms with Gasteiger partial charge in [0.15, 0.2) is 0 Å². The second-order valence-electron chi connectivity index (χ2n) is 6.38. The van der Waals surface area contributed by atoms with Crippen molar-refractivity contribution in [3.63, 3.8) is 0 Å². The van der Waals surface area contributed by atoms with E-state index in [4.69, 9.17) is 0 Å². The Morgan fingerprint density at radius 2 is 2.12 bits per heavy atom. The van der Waals surface area contributed by atoms with Gasteiger partial charge in [0, 0.05) is 18.2 Å². The Bertz CT molecular complexity index is 881. The molecule has 0 atom stereocenters. The normalized spacial score (nSPS) is 11.2. The summed E-state index contributed by atoms with van der Waals surface area (Å²) in [5.41, 5.74) is 2.59. The predicted octanol–water partition coefficient (Wildman–Crippen LogP) is 3.71. The highest BCUT2D eigenvalue weighted by atomic mass is 32.1. The molecule has 8 heteroatoms. The molecular formula is C18H18FN5OS. The molecule has 26 heavy (non-hydrogen) atoms. The summed E-state index contributed by atoms with van der Waals surface area (Å²) >= 11 is 1.25. The lowest BCUT2D eigenvalue weighted by Gasteiger charge is -2.26. The van der Waals surface area contributed by atoms with Crippen molar-refractivity contribution in [2.75, 3.05) is 17.2 Å². The fraction of sp³-hybridized carbons (Fsp3) is 0.222. The van der Waals surface area contributed by atoms with Crippen molar-refractivity contribution in [2.45, 2.75) is 19.3 Å². The Balaban J connectivity index is 1.61. The summed E-state index contributed by atoms with van der Waals surface area (Å²) in [6.45, 7) is 4.62. The summed E-state index contributed by atoms with van der Waals surface area (Å²) in [7, 11) is 0. The maximum absolute atomic E-state index is 13.4. The standard InChI is InChI=1S/C18H18FN5OS/c1-18(2,13-4-3-5-14(19)8-13)10-21-15-7-6-12(9-20-15)16(25)23-17-24-22-11-26-17/h3-9,11H,10H2,1-2H3,(H,20,21)(H,23,24,25). The molecule has 3 rings (SSSR count). The number of hydrogen-bond donors (Lipinski definition) is 2. The van der Waals surface area contributed by atoms with Crippen molar-refractivity contribution in [1.82, 2.24) is 15.2 Å². The van der Waals surface area contributed by atoms with E-state index in [1.54, 1.807) is 23.7 Å². The number of aromatic nitrogens is 3. The summed E-state index contributed by atoms with van der Waals surface area (Å²) in [5.74, 6) is 0.0994. The van der Waals surface area contributed by atoms with E-state index >= 15 is 0 Å². The Morgan fingerprint density at radius 1 is 1.27 bits per heavy atom. The quantitative estimate of drug-likeness (QED) is 0.690. The van der Waals surface area contributed by atoms with Crippen molar-refractivity contribution < 1.29 is 9.18 Å². The van der Waals surface area contributed by atoms with Gasteiger partial charge in [0.1, 0.15) is 17.1 Å². The summed E-state index contributed by atoms with van der Waals surface area (Å²) in [6.07, 6.45) is 1.49. The van der Waals surface area contributed by atoms with Crippen molar-refractivity contribution in [3.8, 4) is 0 Å². The first kappa shape index (κ1) is 17.9. The van der Waals surface area contributed by atoms with Crippen LogP contribution in [0.4, 0.5) is 15.3 Å². The van der Waals surface area contributed by atoms with Gasteiger partial charge >= 0.3 is 0 Å². The lowest BCUT2D eigenvalue weighted by atomic mass is 9.84. The third-order valence-electron chi connectivity index (χ3n) is 3.92. The zero-order valence-corrected chi connectivity index (χ0v) is 15.2. The van der Waals surface area contributed by atoms with Crippen LogP contribution in [0.15, 0.2) is 48.1 Å². The van der Waals surface area contributed by atoms with Gasteiger partial charge in [-0.15, -0.1) is 10.2 Å². The Morgan fingerprint density at radius 3 is 2.77 bits per heavy atom. The minimum absolute atomic E-state index is 0.250. The summed E-state index contributed by atoms with van der Waals surface area (Å²) in [5, 5.41) is 13.8. The van der Waals surface area contributed by atoms with Gasteiger partial charge in [-0.25, -0.2) is 9.37 Å². The lowest BCUT2D eigenvalue weighted by Crippen LogP contribution is -2.28. The fourth-order valence-electron chi connectivity index (χ4n) is 2.35. The highest BCUT2D eigenvalue weighted by molar-refractivity contribution is 7.13. The van der Waals surface area contributed by atoms with Crippen LogP contribution in [0.2, 0.25) is 0 Å². The molecule has 0 fully saturated rings. The average Bonchev–Trinajstić information content (AvgIpc) is 3.13. The van der Waals surface area contributed by atoms with E-state index in [0.717, 1.165) is 5.56 Å². The van der Waals surface area contributed by atoms with Crippen molar-refractivity contribution in [1.29, 1.82) is 0 Å². The van der Waals surface area contributed by atoms with E-state index in [2.05, 4.69) is 25.8 Å². The van der Waals surface area contributed by atoms with Gasteiger partial charge in [-0.1, -0.05) is 37.3 Å². The third-order valence-corrected chi connectivity index (χ3v) is 4.53. The molecule has 2 aromatic heterocycles. The number of anilines is 2. The summed E-state index contributed by atoms with van der Waals surface area (Å²) < 4.78 is 13.4. The van der Waals surface area contributed by atoms with Crippen LogP contribution in [0.25, 0.3) is 0 Å². The molecule has 0 saturated heterocycles. The number of rotatable bonds is 6. The zero-order valence-electron chi connectivity index (χ0n) is 14.4. The van der Waals surface area contributed by atoms with E-state index in [-0.39, 0.29) is 17.1 Å². The van der Waals surface area contributed by atoms with E-state index in [0.29, 0.717) is 23.1 Å². The van der Waals surface area contributed by atoms with Gasteiger partial charge in [-0.3, -0.25) is 10.1 Å². The second kappa shape index (κ2) is 7.57. The number of carbonyl (C=O) groups excluding carboxylic acids is 1. The third kappa shape index (κ3) is 4.40. The molecule has 1 aromatic carbocycles. The second-order valence-corrected chi connectivity index (χ2v) is 7.21. The lowest BCUT2D eigenvalue weighted by molar-refractivity contribution is 0.102. The smallest absolute Gasteiger partial charge is 0.259 e. The highest BCUT2D eigenvalue weighted by Crippen LogP contribution is 2.24. The number of nitrogens with one attached hydrogen (secondary N) is 2. The van der Waals surface area contributed by atoms with Crippen LogP contribution in [0.5, 0.6) is 0 Å². The van der Waals surface area contributed by atoms with Gasteiger partial charge < -0.3 is 5.32 Å². The van der Waals surface area contributed by atoms with Crippen LogP contribution in [-0.2, 0) is 5.41 Å². The minimum atomic E-state index is -0.291. The molecule has 2 N–H and O–H groups in total. The van der Waals surface area contributed by atoms with Gasteiger partial charge in [-0.05, 0) is 29.8 Å². The number of amides is 1. The number of halogens is 1. The SMILES string of the molecule is CC(C)(CNc1ccc(C(=O)Nc2nncs2)cn1)c1cccc(F)c1. The maximum atomic E-state index is 13.4. The predicted molar refractivity (Wildman–Crippen MR) is 100 cm³/mol. The zero-order chi connectivity index (χ0) is 18.6. The molecule has 0 spiro atoms. The van der Waals surface area contributed by atoms with Crippen LogP contribution in [0.3, 0.4) is 0 Å². The molecule has 0 bridgehead atoms. The first-order chi connectivity index (χ1) is 12.4. The van der Waals surface area contributed by atoms with Crippen LogP contribution in [0, 0.1) is 5.82 Å². The van der Waals surface area contributed by atoms with E-state index in [1.165, 1.54) is 29.7 Å². The van der Waals surface area contributed by atoms with Crippen LogP contribution in [-0.4, -0.2) is 27.6 Å². The number of nitrogens with zero attached hydrogens (tertiary/aromatic N) is 3. The monoisotopic (exact) mass is 371 g/mol. The van der Waals surface area contributed by atoms with Gasteiger partial charge in [0.25, 0.3) is 5.91 Å². The molecule has 6 nitrogen and oxygen atoms in total. The van der Waals surface area contributed by atoms with Crippen molar-refractivity contribution in [3.05, 3.63) is 65.0 Å². The van der Waals surface area contributed by atoms with E-state index in [1.807, 2.05) is 19.9 Å². The molecule has 0 radical (unpaired) electrons. The molecule has 0 aliphatic carbocycles. The van der Waals surface area contributed by atoms with Crippen molar-refractivity contribution in [2.24, 2.45) is 0 Å². The summed E-state index contributed by atoms with van der Waals surface area (Å²) in [6, 6.07) is 9.99. The molecule has 2 heterocycles. The number of pyridine rings is 1. The number of carbonyl (C=O) groups is 1. The maximum Gasteiger partial charge on any atom is 0.259 e. The Kier molecular flexibility index (Phi) is 5.22. The van der Waals surface area contributed by atoms with Crippen LogP contribution < -0.4 is 10.6 Å². The largest absolute Gasteiger partial charge is 0.369 e. The molecule has 1 amide bonds. The van der Waals surface area contributed by atoms with E-state index in [9.17, 15) is 9.18 Å². The Hall–Kier alpha value is -2.87. The van der Waals surface area contributed by atoms with Crippen LogP contribution in [0.1, 0.15) is 29.8 Å². The van der Waals surface area contributed by atoms with Gasteiger partial charge in [-0.2, -0.15) is 0 Å². The summed E-state index contributed by atoms with van der Waals surface area (Å²) in [4.78, 5) is 16.4. The van der Waals surface area contributed by atoms with E-state index < -0.39 is 0 Å². The van der Waals surface area contributed by atoms with Crippen LogP contribution >= 0.6 is 11.3 Å². The first-order valence-electron chi connectivity index (χ1n) is 7.97. The number of hydrogen-bond acceptors (Lipinski definition) is 6. The topological polar surface area (TPSA) is 79.8 Å². The molecule has 0 aliphatic heterocycles. The fourth-order valence-corrected chi connectivity index (χ4v) is 2.79. The molecule has 0 aliphatic rings. The first-order valence-corrected chi connectivity index (χ1v) is 8.85. The molecule has 134 valence electrons. The number of benzene rings is 1. The van der Waals surface area contributed by atoms with Crippen molar-refractivity contribution >= 4 is 28.2 Å². The average molecular weight is 371 g/mol.